The highest BCUT2D eigenvalue weighted by molar-refractivity contribution is 5.95. The van der Waals surface area contributed by atoms with Crippen LogP contribution in [-0.2, 0) is 4.79 Å². The molecule has 0 saturated carbocycles. The van der Waals surface area contributed by atoms with Gasteiger partial charge in [-0.25, -0.2) is 0 Å². The maximum Gasteiger partial charge on any atom is 0.322 e. The predicted octanol–water partition coefficient (Wildman–Crippen LogP) is 0.501. The van der Waals surface area contributed by atoms with Crippen LogP contribution in [0, 0.1) is 0 Å². The van der Waals surface area contributed by atoms with E-state index in [0.29, 0.717) is 5.56 Å². The maximum absolute atomic E-state index is 11.2. The fourth-order valence-corrected chi connectivity index (χ4v) is 0.847. The van der Waals surface area contributed by atoms with E-state index < -0.39 is 5.97 Å². The van der Waals surface area contributed by atoms with Crippen LogP contribution in [0.1, 0.15) is 10.4 Å². The van der Waals surface area contributed by atoms with Crippen LogP contribution in [0.2, 0.25) is 0 Å². The van der Waals surface area contributed by atoms with Crippen molar-refractivity contribution in [1.82, 2.24) is 5.32 Å². The number of rotatable bonds is 3. The molecule has 2 N–H and O–H groups in total. The molecule has 13 heavy (non-hydrogen) atoms. The zero-order valence-electron chi connectivity index (χ0n) is 6.86. The topological polar surface area (TPSA) is 66.4 Å². The number of carbonyl (C=O) groups excluding carboxylic acids is 1. The van der Waals surface area contributed by atoms with Gasteiger partial charge in [0, 0.05) is 5.56 Å². The average Bonchev–Trinajstić information content (AvgIpc) is 2.15. The number of hydrogen-bond donors (Lipinski definition) is 2. The molecule has 0 saturated heterocycles. The molecule has 0 aliphatic rings. The van der Waals surface area contributed by atoms with Crippen LogP contribution < -0.4 is 5.32 Å². The van der Waals surface area contributed by atoms with Crippen LogP contribution in [0.15, 0.2) is 30.3 Å². The van der Waals surface area contributed by atoms with Crippen molar-refractivity contribution in [3.8, 4) is 0 Å². The summed E-state index contributed by atoms with van der Waals surface area (Å²) in [5.41, 5.74) is 0.462. The van der Waals surface area contributed by atoms with Crippen molar-refractivity contribution in [2.45, 2.75) is 0 Å². The lowest BCUT2D eigenvalue weighted by Gasteiger charge is -2.00. The molecule has 0 bridgehead atoms. The molecule has 0 aromatic heterocycles. The second-order valence-corrected chi connectivity index (χ2v) is 2.44. The van der Waals surface area contributed by atoms with Crippen LogP contribution in [0.4, 0.5) is 0 Å². The van der Waals surface area contributed by atoms with Crippen LogP contribution >= 0.6 is 0 Å². The van der Waals surface area contributed by atoms with E-state index >= 15 is 0 Å². The SMILES string of the molecule is O=C(NC[14C](=O)O)c1ccccc1. The smallest absolute Gasteiger partial charge is 0.322 e. The molecular weight excluding hydrogens is 172 g/mol. The van der Waals surface area contributed by atoms with Crippen molar-refractivity contribution in [1.29, 1.82) is 0 Å². The molecule has 1 aromatic rings. The number of carboxylic acid groups (broad SMARTS) is 1. The summed E-state index contributed by atoms with van der Waals surface area (Å²) in [6, 6.07) is 8.47. The van der Waals surface area contributed by atoms with Crippen molar-refractivity contribution in [3.63, 3.8) is 0 Å². The lowest BCUT2D eigenvalue weighted by molar-refractivity contribution is -0.135. The average molecular weight is 181 g/mol. The number of hydrogen-bond acceptors (Lipinski definition) is 2. The molecule has 0 aliphatic heterocycles. The van der Waals surface area contributed by atoms with E-state index in [0.717, 1.165) is 0 Å². The van der Waals surface area contributed by atoms with Gasteiger partial charge in [0.25, 0.3) is 5.91 Å². The first-order valence-corrected chi connectivity index (χ1v) is 3.75. The number of amides is 1. The Balaban J connectivity index is 2.54. The minimum atomic E-state index is -1.05. The van der Waals surface area contributed by atoms with Gasteiger partial charge in [-0.05, 0) is 12.1 Å². The molecule has 4 nitrogen and oxygen atoms in total. The van der Waals surface area contributed by atoms with E-state index in [1.807, 2.05) is 0 Å². The number of carboxylic acids is 1. The van der Waals surface area contributed by atoms with E-state index in [1.165, 1.54) is 0 Å². The van der Waals surface area contributed by atoms with Gasteiger partial charge < -0.3 is 10.4 Å². The third-order valence-electron chi connectivity index (χ3n) is 1.44. The summed E-state index contributed by atoms with van der Waals surface area (Å²) in [6.45, 7) is -0.353. The van der Waals surface area contributed by atoms with Gasteiger partial charge in [0.1, 0.15) is 6.54 Å². The molecule has 0 unspecified atom stereocenters. The first kappa shape index (κ1) is 9.25. The first-order chi connectivity index (χ1) is 6.20. The Hall–Kier alpha value is -1.84. The van der Waals surface area contributed by atoms with Gasteiger partial charge in [-0.3, -0.25) is 9.59 Å². The van der Waals surface area contributed by atoms with E-state index in [2.05, 4.69) is 5.32 Å². The van der Waals surface area contributed by atoms with E-state index in [-0.39, 0.29) is 12.5 Å². The molecule has 0 heterocycles. The van der Waals surface area contributed by atoms with Crippen LogP contribution in [0.5, 0.6) is 0 Å². The molecule has 4 heteroatoms. The molecule has 68 valence electrons. The summed E-state index contributed by atoms with van der Waals surface area (Å²) >= 11 is 0. The van der Waals surface area contributed by atoms with Crippen LogP contribution in [0.25, 0.3) is 0 Å². The first-order valence-electron chi connectivity index (χ1n) is 3.75. The van der Waals surface area contributed by atoms with Crippen molar-refractivity contribution in [2.24, 2.45) is 0 Å². The van der Waals surface area contributed by atoms with Gasteiger partial charge in [-0.2, -0.15) is 0 Å². The summed E-state index contributed by atoms with van der Waals surface area (Å²) in [5, 5.41) is 10.6. The normalized spacial score (nSPS) is 9.23. The minimum absolute atomic E-state index is 0.353. The van der Waals surface area contributed by atoms with Gasteiger partial charge in [0.15, 0.2) is 0 Å². The van der Waals surface area contributed by atoms with Crippen molar-refractivity contribution >= 4 is 11.9 Å². The van der Waals surface area contributed by atoms with Crippen LogP contribution in [-0.4, -0.2) is 23.5 Å². The fourth-order valence-electron chi connectivity index (χ4n) is 0.847. The zero-order chi connectivity index (χ0) is 9.68. The van der Waals surface area contributed by atoms with Gasteiger partial charge in [0.2, 0.25) is 0 Å². The molecule has 0 atom stereocenters. The highest BCUT2D eigenvalue weighted by Crippen LogP contribution is 1.96. The Morgan fingerprint density at radius 2 is 2.00 bits per heavy atom. The Labute approximate surface area is 75.2 Å². The van der Waals surface area contributed by atoms with Crippen molar-refractivity contribution in [2.75, 3.05) is 6.54 Å². The quantitative estimate of drug-likeness (QED) is 0.713. The Kier molecular flexibility index (Phi) is 3.03. The molecular formula is C9H9NO3. The molecule has 0 spiro atoms. The van der Waals surface area contributed by atoms with Crippen LogP contribution in [0.3, 0.4) is 0 Å². The number of aliphatic carboxylic acids is 1. The highest BCUT2D eigenvalue weighted by Gasteiger charge is 2.04. The van der Waals surface area contributed by atoms with E-state index in [9.17, 15) is 9.59 Å². The Morgan fingerprint density at radius 1 is 1.38 bits per heavy atom. The largest absolute Gasteiger partial charge is 0.480 e. The summed E-state index contributed by atoms with van der Waals surface area (Å²) in [4.78, 5) is 21.3. The van der Waals surface area contributed by atoms with E-state index in [4.69, 9.17) is 5.11 Å². The minimum Gasteiger partial charge on any atom is -0.480 e. The monoisotopic (exact) mass is 181 g/mol. The van der Waals surface area contributed by atoms with E-state index in [1.54, 1.807) is 30.3 Å². The van der Waals surface area contributed by atoms with Gasteiger partial charge >= 0.3 is 5.97 Å². The second kappa shape index (κ2) is 4.25. The van der Waals surface area contributed by atoms with Gasteiger partial charge in [0.05, 0.1) is 0 Å². The predicted molar refractivity (Wildman–Crippen MR) is 46.4 cm³/mol. The molecule has 1 amide bonds. The van der Waals surface area contributed by atoms with Gasteiger partial charge in [-0.15, -0.1) is 0 Å². The molecule has 0 radical (unpaired) electrons. The highest BCUT2D eigenvalue weighted by atomic mass is 16.6. The molecule has 1 rings (SSSR count). The molecule has 0 aliphatic carbocycles. The van der Waals surface area contributed by atoms with Gasteiger partial charge in [-0.1, -0.05) is 18.2 Å². The summed E-state index contributed by atoms with van der Waals surface area (Å²) in [5.74, 6) is -1.42. The second-order valence-electron chi connectivity index (χ2n) is 2.44. The Bertz CT molecular complexity index is 308. The third kappa shape index (κ3) is 2.94. The maximum atomic E-state index is 11.2. The van der Waals surface area contributed by atoms with Crippen molar-refractivity contribution < 1.29 is 14.7 Å². The fraction of sp³-hybridized carbons (Fsp3) is 0.111. The Morgan fingerprint density at radius 3 is 2.54 bits per heavy atom. The molecule has 1 aromatic carbocycles. The summed E-state index contributed by atoms with van der Waals surface area (Å²) in [7, 11) is 0. The number of nitrogens with one attached hydrogen (secondary N) is 1. The summed E-state index contributed by atoms with van der Waals surface area (Å²) in [6.07, 6.45) is 0. The number of benzene rings is 1. The third-order valence-corrected chi connectivity index (χ3v) is 1.44. The zero-order valence-corrected chi connectivity index (χ0v) is 6.86. The summed E-state index contributed by atoms with van der Waals surface area (Å²) < 4.78 is 0. The lowest BCUT2D eigenvalue weighted by atomic mass is 10.2. The standard InChI is InChI=1S/C9H9NO3/c11-8(12)6-10-9(13)7-4-2-1-3-5-7/h1-5H,6H2,(H,10,13)(H,11,12)/i8+2. The van der Waals surface area contributed by atoms with Crippen molar-refractivity contribution in [3.05, 3.63) is 35.9 Å². The molecule has 0 fully saturated rings. The number of carbonyl (C=O) groups is 2. The lowest BCUT2D eigenvalue weighted by Crippen LogP contribution is -2.29.